The summed E-state index contributed by atoms with van der Waals surface area (Å²) in [7, 11) is 0. The van der Waals surface area contributed by atoms with E-state index in [1.807, 2.05) is 0 Å². The van der Waals surface area contributed by atoms with Gasteiger partial charge < -0.3 is 0 Å². The second-order valence-electron chi connectivity index (χ2n) is 2.70. The number of unbranched alkanes of at least 4 members (excludes halogenated alkanes) is 4. The van der Waals surface area contributed by atoms with Crippen LogP contribution in [0.25, 0.3) is 0 Å². The summed E-state index contributed by atoms with van der Waals surface area (Å²) in [5.74, 6) is -0.318. The first-order chi connectivity index (χ1) is 5.81. The van der Waals surface area contributed by atoms with Crippen LogP contribution in [0.1, 0.15) is 45.4 Å². The zero-order valence-corrected chi connectivity index (χ0v) is 8.81. The third kappa shape index (κ3) is 7.96. The molecule has 0 saturated carbocycles. The molecule has 0 atom stereocenters. The molecule has 0 rings (SSSR count). The number of rotatable bonds is 7. The average molecular weight is 210 g/mol. The standard InChI is InChI=1S/C8H16O2.O.V/c1-2-3-4-5-6-7-8(9)10;;/h2-7H2,1H3,(H,9,10);;/q;;+1/p-1. The van der Waals surface area contributed by atoms with Crippen molar-refractivity contribution in [3.8, 4) is 0 Å². The maximum atomic E-state index is 10.7. The Kier molecular flexibility index (Phi) is 8.84. The van der Waals surface area contributed by atoms with E-state index in [-0.39, 0.29) is 5.97 Å². The molecule has 0 spiro atoms. The molecular formula is C8H15O3V. The summed E-state index contributed by atoms with van der Waals surface area (Å²) in [4.78, 5) is 10.7. The van der Waals surface area contributed by atoms with Crippen molar-refractivity contribution >= 4 is 5.97 Å². The van der Waals surface area contributed by atoms with Crippen LogP contribution in [0.5, 0.6) is 0 Å². The Balaban J connectivity index is 3.08. The van der Waals surface area contributed by atoms with Gasteiger partial charge in [-0.2, -0.15) is 0 Å². The van der Waals surface area contributed by atoms with E-state index in [0.29, 0.717) is 6.42 Å². The quantitative estimate of drug-likeness (QED) is 0.605. The molecule has 3 nitrogen and oxygen atoms in total. The van der Waals surface area contributed by atoms with Gasteiger partial charge in [-0.15, -0.1) is 0 Å². The van der Waals surface area contributed by atoms with E-state index in [2.05, 4.69) is 10.6 Å². The van der Waals surface area contributed by atoms with E-state index >= 15 is 0 Å². The van der Waals surface area contributed by atoms with E-state index in [1.54, 1.807) is 0 Å². The molecule has 0 N–H and O–H groups in total. The van der Waals surface area contributed by atoms with Gasteiger partial charge in [-0.1, -0.05) is 0 Å². The predicted molar refractivity (Wildman–Crippen MR) is 40.2 cm³/mol. The van der Waals surface area contributed by atoms with Crippen LogP contribution in [0.4, 0.5) is 0 Å². The van der Waals surface area contributed by atoms with Crippen molar-refractivity contribution in [2.24, 2.45) is 0 Å². The first kappa shape index (κ1) is 11.9. The van der Waals surface area contributed by atoms with Gasteiger partial charge in [-0.05, 0) is 0 Å². The van der Waals surface area contributed by atoms with E-state index in [0.717, 1.165) is 12.8 Å². The zero-order chi connectivity index (χ0) is 9.23. The van der Waals surface area contributed by atoms with Gasteiger partial charge in [-0.3, -0.25) is 0 Å². The Morgan fingerprint density at radius 1 is 1.25 bits per heavy atom. The molecule has 12 heavy (non-hydrogen) atoms. The van der Waals surface area contributed by atoms with Crippen LogP contribution >= 0.6 is 0 Å². The molecule has 0 aromatic rings. The van der Waals surface area contributed by atoms with Gasteiger partial charge in [-0.25, -0.2) is 0 Å². The Hall–Kier alpha value is -0.146. The van der Waals surface area contributed by atoms with E-state index in [4.69, 9.17) is 0 Å². The molecule has 0 aliphatic heterocycles. The Bertz CT molecular complexity index is 136. The van der Waals surface area contributed by atoms with Crippen LogP contribution in [0, 0.1) is 0 Å². The monoisotopic (exact) mass is 210 g/mol. The third-order valence-electron chi connectivity index (χ3n) is 1.62. The van der Waals surface area contributed by atoms with Crippen molar-refractivity contribution in [2.45, 2.75) is 45.4 Å². The van der Waals surface area contributed by atoms with Crippen molar-refractivity contribution in [2.75, 3.05) is 0 Å². The number of carbonyl (C=O) groups is 1. The fourth-order valence-corrected chi connectivity index (χ4v) is 1.23. The van der Waals surface area contributed by atoms with Crippen LogP contribution in [-0.4, -0.2) is 5.97 Å². The van der Waals surface area contributed by atoms with Crippen LogP contribution < -0.4 is 0 Å². The molecule has 0 aliphatic carbocycles. The Morgan fingerprint density at radius 3 is 2.50 bits per heavy atom. The van der Waals surface area contributed by atoms with E-state index < -0.39 is 16.6 Å². The molecular weight excluding hydrogens is 195 g/mol. The molecule has 0 aliphatic rings. The number of hydrogen-bond acceptors (Lipinski definition) is 3. The molecule has 0 bridgehead atoms. The summed E-state index contributed by atoms with van der Waals surface area (Å²) in [5, 5.41) is 0. The van der Waals surface area contributed by atoms with Gasteiger partial charge in [0.05, 0.1) is 0 Å². The van der Waals surface area contributed by atoms with E-state index in [9.17, 15) is 8.47 Å². The molecule has 4 heteroatoms. The van der Waals surface area contributed by atoms with Gasteiger partial charge in [0.25, 0.3) is 0 Å². The summed E-state index contributed by atoms with van der Waals surface area (Å²) in [6.45, 7) is 2.15. The van der Waals surface area contributed by atoms with Crippen LogP contribution in [0.15, 0.2) is 0 Å². The minimum atomic E-state index is -1.44. The van der Waals surface area contributed by atoms with Crippen molar-refractivity contribution in [1.82, 2.24) is 0 Å². The molecule has 0 aromatic heterocycles. The van der Waals surface area contributed by atoms with E-state index in [1.165, 1.54) is 19.3 Å². The molecule has 0 aromatic carbocycles. The third-order valence-corrected chi connectivity index (χ3v) is 2.06. The summed E-state index contributed by atoms with van der Waals surface area (Å²) in [5.41, 5.74) is 0. The number of hydrogen-bond donors (Lipinski definition) is 0. The van der Waals surface area contributed by atoms with Crippen LogP contribution in [0.2, 0.25) is 0 Å². The fourth-order valence-electron chi connectivity index (χ4n) is 0.960. The van der Waals surface area contributed by atoms with Crippen LogP contribution in [-0.2, 0) is 28.7 Å². The zero-order valence-electron chi connectivity index (χ0n) is 7.41. The molecule has 0 saturated heterocycles. The van der Waals surface area contributed by atoms with Crippen molar-refractivity contribution in [1.29, 1.82) is 0 Å². The van der Waals surface area contributed by atoms with Crippen molar-refractivity contribution in [3.05, 3.63) is 0 Å². The number of carbonyl (C=O) groups excluding carboxylic acids is 1. The van der Waals surface area contributed by atoms with Gasteiger partial charge in [0.2, 0.25) is 0 Å². The Morgan fingerprint density at radius 2 is 1.92 bits per heavy atom. The molecule has 0 fully saturated rings. The van der Waals surface area contributed by atoms with Crippen LogP contribution in [0.3, 0.4) is 0 Å². The topological polar surface area (TPSA) is 43.4 Å². The summed E-state index contributed by atoms with van der Waals surface area (Å²) in [6.07, 6.45) is 5.95. The van der Waals surface area contributed by atoms with Gasteiger partial charge in [0, 0.05) is 0 Å². The minimum absolute atomic E-state index is 0.318. The molecule has 0 amide bonds. The summed E-state index contributed by atoms with van der Waals surface area (Å²) < 4.78 is 14.3. The van der Waals surface area contributed by atoms with Crippen molar-refractivity contribution in [3.63, 3.8) is 0 Å². The molecule has 0 heterocycles. The Labute approximate surface area is 80.5 Å². The van der Waals surface area contributed by atoms with Gasteiger partial charge >= 0.3 is 80.1 Å². The first-order valence-electron chi connectivity index (χ1n) is 4.33. The molecule has 0 radical (unpaired) electrons. The molecule has 0 unspecified atom stereocenters. The molecule has 70 valence electrons. The summed E-state index contributed by atoms with van der Waals surface area (Å²) in [6, 6.07) is 0. The SMILES string of the molecule is CCCCCCCC(=O)[O][V]=[O]. The second kappa shape index (κ2) is 8.95. The normalized spacial score (nSPS) is 9.42. The maximum absolute atomic E-state index is 10.7. The predicted octanol–water partition coefficient (Wildman–Crippen LogP) is 2.23. The second-order valence-corrected chi connectivity index (χ2v) is 3.22. The fraction of sp³-hybridized carbons (Fsp3) is 0.875. The van der Waals surface area contributed by atoms with Gasteiger partial charge in [0.1, 0.15) is 0 Å². The average Bonchev–Trinajstić information content (AvgIpc) is 2.05. The first-order valence-corrected chi connectivity index (χ1v) is 5.47. The summed E-state index contributed by atoms with van der Waals surface area (Å²) >= 11 is -1.44. The van der Waals surface area contributed by atoms with Gasteiger partial charge in [0.15, 0.2) is 0 Å². The van der Waals surface area contributed by atoms with Crippen molar-refractivity contribution < 1.29 is 28.7 Å².